The molecule has 6 heteroatoms. The van der Waals surface area contributed by atoms with Crippen molar-refractivity contribution in [3.05, 3.63) is 59.9 Å². The number of carbonyl (C=O) groups excluding carboxylic acids is 1. The maximum atomic E-state index is 12.8. The van der Waals surface area contributed by atoms with Crippen molar-refractivity contribution in [3.63, 3.8) is 0 Å². The lowest BCUT2D eigenvalue weighted by Crippen LogP contribution is -2.10. The van der Waals surface area contributed by atoms with Gasteiger partial charge in [-0.05, 0) is 43.3 Å². The molecule has 0 N–H and O–H groups in total. The number of hydrogen-bond acceptors (Lipinski definition) is 4. The van der Waals surface area contributed by atoms with Crippen LogP contribution in [0.25, 0.3) is 0 Å². The Hall–Kier alpha value is -2.21. The van der Waals surface area contributed by atoms with Crippen molar-refractivity contribution in [3.8, 4) is 5.75 Å². The first-order valence-electron chi connectivity index (χ1n) is 5.69. The van der Waals surface area contributed by atoms with E-state index >= 15 is 0 Å². The van der Waals surface area contributed by atoms with Crippen LogP contribution in [-0.2, 0) is 10.1 Å². The van der Waals surface area contributed by atoms with E-state index in [0.717, 1.165) is 24.3 Å². The summed E-state index contributed by atoms with van der Waals surface area (Å²) < 4.78 is 41.6. The third-order valence-corrected chi connectivity index (χ3v) is 3.81. The van der Waals surface area contributed by atoms with E-state index in [2.05, 4.69) is 0 Å². The van der Waals surface area contributed by atoms with Gasteiger partial charge in [-0.2, -0.15) is 8.42 Å². The number of carbonyl (C=O) groups is 1. The molecule has 0 bridgehead atoms. The van der Waals surface area contributed by atoms with Gasteiger partial charge in [-0.3, -0.25) is 4.79 Å². The zero-order valence-electron chi connectivity index (χ0n) is 10.5. The Labute approximate surface area is 115 Å². The van der Waals surface area contributed by atoms with E-state index in [-0.39, 0.29) is 16.4 Å². The lowest BCUT2D eigenvalue weighted by atomic mass is 10.1. The van der Waals surface area contributed by atoms with Crippen LogP contribution in [0.15, 0.2) is 53.4 Å². The maximum Gasteiger partial charge on any atom is 0.339 e. The van der Waals surface area contributed by atoms with Crippen LogP contribution in [0.1, 0.15) is 17.3 Å². The van der Waals surface area contributed by atoms with Crippen molar-refractivity contribution in [1.29, 1.82) is 0 Å². The highest BCUT2D eigenvalue weighted by atomic mass is 32.2. The van der Waals surface area contributed by atoms with Crippen LogP contribution in [0.4, 0.5) is 4.39 Å². The van der Waals surface area contributed by atoms with Crippen molar-refractivity contribution >= 4 is 15.9 Å². The van der Waals surface area contributed by atoms with Gasteiger partial charge in [0, 0.05) is 5.56 Å². The first kappa shape index (κ1) is 14.2. The lowest BCUT2D eigenvalue weighted by Gasteiger charge is -2.07. The fraction of sp³-hybridized carbons (Fsp3) is 0.0714. The average Bonchev–Trinajstić information content (AvgIpc) is 2.39. The molecule has 0 spiro atoms. The number of hydrogen-bond donors (Lipinski definition) is 0. The minimum Gasteiger partial charge on any atom is -0.379 e. The highest BCUT2D eigenvalue weighted by Crippen LogP contribution is 2.20. The maximum absolute atomic E-state index is 12.8. The third kappa shape index (κ3) is 3.21. The molecule has 0 unspecified atom stereocenters. The van der Waals surface area contributed by atoms with Crippen molar-refractivity contribution in [2.75, 3.05) is 0 Å². The molecule has 2 aromatic carbocycles. The highest BCUT2D eigenvalue weighted by molar-refractivity contribution is 7.87. The van der Waals surface area contributed by atoms with E-state index in [0.29, 0.717) is 5.56 Å². The van der Waals surface area contributed by atoms with Crippen LogP contribution < -0.4 is 4.18 Å². The number of rotatable bonds is 4. The number of Topliss-reactive ketones (excluding diaryl/α,β-unsaturated/α-hetero) is 1. The van der Waals surface area contributed by atoms with Gasteiger partial charge in [0.05, 0.1) is 0 Å². The summed E-state index contributed by atoms with van der Waals surface area (Å²) in [4.78, 5) is 11.1. The average molecular weight is 294 g/mol. The predicted octanol–water partition coefficient (Wildman–Crippen LogP) is 2.80. The van der Waals surface area contributed by atoms with E-state index in [9.17, 15) is 17.6 Å². The van der Waals surface area contributed by atoms with Crippen molar-refractivity contribution in [2.24, 2.45) is 0 Å². The van der Waals surface area contributed by atoms with Crippen LogP contribution in [0.5, 0.6) is 5.75 Å². The second-order valence-corrected chi connectivity index (χ2v) is 5.62. The molecule has 0 heterocycles. The minimum atomic E-state index is -4.05. The molecule has 2 rings (SSSR count). The van der Waals surface area contributed by atoms with E-state index in [1.54, 1.807) is 6.07 Å². The molecule has 0 aliphatic rings. The predicted molar refractivity (Wildman–Crippen MR) is 70.7 cm³/mol. The zero-order chi connectivity index (χ0) is 14.8. The second kappa shape index (κ2) is 5.42. The molecule has 0 atom stereocenters. The molecule has 2 aromatic rings. The van der Waals surface area contributed by atoms with Crippen molar-refractivity contribution < 1.29 is 21.8 Å². The van der Waals surface area contributed by atoms with Gasteiger partial charge in [0.15, 0.2) is 5.78 Å². The Kier molecular flexibility index (Phi) is 3.85. The molecular weight excluding hydrogens is 283 g/mol. The molecule has 0 aromatic heterocycles. The zero-order valence-corrected chi connectivity index (χ0v) is 11.4. The smallest absolute Gasteiger partial charge is 0.339 e. The first-order chi connectivity index (χ1) is 9.38. The fourth-order valence-corrected chi connectivity index (χ4v) is 2.47. The van der Waals surface area contributed by atoms with Gasteiger partial charge < -0.3 is 4.18 Å². The van der Waals surface area contributed by atoms with Crippen LogP contribution in [0, 0.1) is 5.82 Å². The quantitative estimate of drug-likeness (QED) is 0.642. The normalized spacial score (nSPS) is 11.1. The van der Waals surface area contributed by atoms with Crippen molar-refractivity contribution in [1.82, 2.24) is 0 Å². The standard InChI is InChI=1S/C14H11FO4S/c1-10(16)11-3-2-4-13(9-11)19-20(17,18)14-7-5-12(15)6-8-14/h2-9H,1H3. The summed E-state index contributed by atoms with van der Waals surface area (Å²) >= 11 is 0. The van der Waals surface area contributed by atoms with E-state index in [1.165, 1.54) is 25.1 Å². The summed E-state index contributed by atoms with van der Waals surface area (Å²) in [7, 11) is -4.05. The van der Waals surface area contributed by atoms with E-state index in [4.69, 9.17) is 4.18 Å². The van der Waals surface area contributed by atoms with Gasteiger partial charge in [-0.1, -0.05) is 12.1 Å². The summed E-state index contributed by atoms with van der Waals surface area (Å²) in [6.45, 7) is 1.37. The summed E-state index contributed by atoms with van der Waals surface area (Å²) in [6.07, 6.45) is 0. The Balaban J connectivity index is 2.31. The van der Waals surface area contributed by atoms with Gasteiger partial charge in [0.2, 0.25) is 0 Å². The molecule has 0 saturated carbocycles. The van der Waals surface area contributed by atoms with Crippen molar-refractivity contribution in [2.45, 2.75) is 11.8 Å². The van der Waals surface area contributed by atoms with Crippen LogP contribution >= 0.6 is 0 Å². The monoisotopic (exact) mass is 294 g/mol. The fourth-order valence-electron chi connectivity index (χ4n) is 1.54. The van der Waals surface area contributed by atoms with Gasteiger partial charge >= 0.3 is 10.1 Å². The molecule has 0 saturated heterocycles. The highest BCUT2D eigenvalue weighted by Gasteiger charge is 2.17. The minimum absolute atomic E-state index is 0.0297. The SMILES string of the molecule is CC(=O)c1cccc(OS(=O)(=O)c2ccc(F)cc2)c1. The van der Waals surface area contributed by atoms with E-state index in [1.807, 2.05) is 0 Å². The van der Waals surface area contributed by atoms with Crippen LogP contribution in [0.2, 0.25) is 0 Å². The Morgan fingerprint density at radius 3 is 2.35 bits per heavy atom. The number of halogens is 1. The molecule has 0 aliphatic carbocycles. The third-order valence-electron chi connectivity index (χ3n) is 2.55. The van der Waals surface area contributed by atoms with Gasteiger partial charge in [-0.25, -0.2) is 4.39 Å². The molecule has 0 radical (unpaired) electrons. The van der Waals surface area contributed by atoms with Crippen LogP contribution in [0.3, 0.4) is 0 Å². The Bertz CT molecular complexity index is 736. The molecule has 0 aliphatic heterocycles. The number of ketones is 1. The van der Waals surface area contributed by atoms with Gasteiger partial charge in [-0.15, -0.1) is 0 Å². The first-order valence-corrected chi connectivity index (χ1v) is 7.10. The molecule has 0 fully saturated rings. The largest absolute Gasteiger partial charge is 0.379 e. The van der Waals surface area contributed by atoms with E-state index < -0.39 is 15.9 Å². The molecule has 104 valence electrons. The van der Waals surface area contributed by atoms with Gasteiger partial charge in [0.1, 0.15) is 16.5 Å². The summed E-state index contributed by atoms with van der Waals surface area (Å²) in [5, 5.41) is 0. The Morgan fingerprint density at radius 1 is 1.10 bits per heavy atom. The Morgan fingerprint density at radius 2 is 1.75 bits per heavy atom. The second-order valence-electron chi connectivity index (χ2n) is 4.08. The molecule has 20 heavy (non-hydrogen) atoms. The topological polar surface area (TPSA) is 60.4 Å². The number of benzene rings is 2. The molecule has 4 nitrogen and oxygen atoms in total. The summed E-state index contributed by atoms with van der Waals surface area (Å²) in [5.74, 6) is -0.709. The molecular formula is C14H11FO4S. The van der Waals surface area contributed by atoms with Crippen LogP contribution in [-0.4, -0.2) is 14.2 Å². The van der Waals surface area contributed by atoms with Gasteiger partial charge in [0.25, 0.3) is 0 Å². The summed E-state index contributed by atoms with van der Waals surface area (Å²) in [6, 6.07) is 10.1. The summed E-state index contributed by atoms with van der Waals surface area (Å²) in [5.41, 5.74) is 0.344. The lowest BCUT2D eigenvalue weighted by molar-refractivity contribution is 0.101. The molecule has 0 amide bonds.